The maximum atomic E-state index is 6.14. The molecule has 5 heteroatoms. The summed E-state index contributed by atoms with van der Waals surface area (Å²) in [5.74, 6) is 0.872. The molecule has 0 amide bonds. The molecule has 0 bridgehead atoms. The van der Waals surface area contributed by atoms with Gasteiger partial charge in [0.25, 0.3) is 0 Å². The highest BCUT2D eigenvalue weighted by Crippen LogP contribution is 2.26. The standard InChI is InChI=1S/C14H18N4O/c1-9-7-18-12(10(2)14(9)19-3)6-11(15)13-8-16-4-5-17-13/h4-5,7-8,11H,6,15H2,1-3H3. The number of nitrogens with zero attached hydrogens (tertiary/aromatic N) is 3. The zero-order chi connectivity index (χ0) is 13.8. The van der Waals surface area contributed by atoms with Crippen molar-refractivity contribution >= 4 is 0 Å². The van der Waals surface area contributed by atoms with Crippen molar-refractivity contribution in [2.24, 2.45) is 5.73 Å². The Balaban J connectivity index is 2.25. The Bertz CT molecular complexity index is 557. The van der Waals surface area contributed by atoms with E-state index in [1.807, 2.05) is 20.0 Å². The summed E-state index contributed by atoms with van der Waals surface area (Å²) in [4.78, 5) is 12.7. The van der Waals surface area contributed by atoms with E-state index in [0.717, 1.165) is 28.3 Å². The summed E-state index contributed by atoms with van der Waals surface area (Å²) in [6.45, 7) is 3.97. The molecule has 0 aliphatic rings. The quantitative estimate of drug-likeness (QED) is 0.904. The molecule has 2 aromatic heterocycles. The normalized spacial score (nSPS) is 12.2. The number of aromatic nitrogens is 3. The van der Waals surface area contributed by atoms with Crippen LogP contribution in [0.4, 0.5) is 0 Å². The number of methoxy groups -OCH3 is 1. The van der Waals surface area contributed by atoms with Crippen LogP contribution in [0.1, 0.15) is 28.6 Å². The Kier molecular flexibility index (Phi) is 4.06. The summed E-state index contributed by atoms with van der Waals surface area (Å²) in [5, 5.41) is 0. The van der Waals surface area contributed by atoms with E-state index in [9.17, 15) is 0 Å². The average molecular weight is 258 g/mol. The minimum absolute atomic E-state index is 0.215. The summed E-state index contributed by atoms with van der Waals surface area (Å²) in [6, 6.07) is -0.215. The smallest absolute Gasteiger partial charge is 0.128 e. The monoisotopic (exact) mass is 258 g/mol. The third-order valence-electron chi connectivity index (χ3n) is 3.13. The van der Waals surface area contributed by atoms with Crippen molar-refractivity contribution in [1.82, 2.24) is 15.0 Å². The number of aryl methyl sites for hydroxylation is 1. The van der Waals surface area contributed by atoms with Gasteiger partial charge in [-0.15, -0.1) is 0 Å². The number of pyridine rings is 1. The van der Waals surface area contributed by atoms with E-state index in [-0.39, 0.29) is 6.04 Å². The maximum Gasteiger partial charge on any atom is 0.128 e. The Hall–Kier alpha value is -2.01. The van der Waals surface area contributed by atoms with Gasteiger partial charge in [0.15, 0.2) is 0 Å². The van der Waals surface area contributed by atoms with Gasteiger partial charge in [-0.05, 0) is 13.8 Å². The molecule has 1 unspecified atom stereocenters. The molecule has 0 fully saturated rings. The highest BCUT2D eigenvalue weighted by Gasteiger charge is 2.14. The lowest BCUT2D eigenvalue weighted by atomic mass is 10.0. The van der Waals surface area contributed by atoms with Gasteiger partial charge in [-0.2, -0.15) is 0 Å². The maximum absolute atomic E-state index is 6.14. The summed E-state index contributed by atoms with van der Waals surface area (Å²) in [5.41, 5.74) is 9.89. The fourth-order valence-electron chi connectivity index (χ4n) is 2.09. The molecule has 2 N–H and O–H groups in total. The first-order valence-corrected chi connectivity index (χ1v) is 6.14. The van der Waals surface area contributed by atoms with Crippen LogP contribution in [0.2, 0.25) is 0 Å². The fraction of sp³-hybridized carbons (Fsp3) is 0.357. The first-order valence-electron chi connectivity index (χ1n) is 6.14. The number of nitrogens with two attached hydrogens (primary N) is 1. The van der Waals surface area contributed by atoms with Gasteiger partial charge in [-0.3, -0.25) is 15.0 Å². The number of hydrogen-bond donors (Lipinski definition) is 1. The van der Waals surface area contributed by atoms with Crippen molar-refractivity contribution in [3.63, 3.8) is 0 Å². The van der Waals surface area contributed by atoms with Crippen LogP contribution in [0.25, 0.3) is 0 Å². The third kappa shape index (κ3) is 2.88. The minimum Gasteiger partial charge on any atom is -0.496 e. The first kappa shape index (κ1) is 13.4. The van der Waals surface area contributed by atoms with Crippen LogP contribution in [-0.4, -0.2) is 22.1 Å². The molecule has 100 valence electrons. The first-order chi connectivity index (χ1) is 9.13. The molecule has 5 nitrogen and oxygen atoms in total. The molecule has 0 aliphatic carbocycles. The zero-order valence-electron chi connectivity index (χ0n) is 11.4. The van der Waals surface area contributed by atoms with Crippen molar-refractivity contribution in [1.29, 1.82) is 0 Å². The minimum atomic E-state index is -0.215. The van der Waals surface area contributed by atoms with Crippen LogP contribution in [0.3, 0.4) is 0 Å². The predicted molar refractivity (Wildman–Crippen MR) is 72.9 cm³/mol. The highest BCUT2D eigenvalue weighted by molar-refractivity contribution is 5.41. The Labute approximate surface area is 112 Å². The molecular weight excluding hydrogens is 240 g/mol. The largest absolute Gasteiger partial charge is 0.496 e. The van der Waals surface area contributed by atoms with E-state index in [0.29, 0.717) is 6.42 Å². The van der Waals surface area contributed by atoms with Gasteiger partial charge in [0, 0.05) is 48.0 Å². The summed E-state index contributed by atoms with van der Waals surface area (Å²) < 4.78 is 5.39. The molecule has 19 heavy (non-hydrogen) atoms. The van der Waals surface area contributed by atoms with Crippen LogP contribution >= 0.6 is 0 Å². The molecule has 0 aliphatic heterocycles. The van der Waals surface area contributed by atoms with E-state index < -0.39 is 0 Å². The summed E-state index contributed by atoms with van der Waals surface area (Å²) >= 11 is 0. The molecule has 0 saturated heterocycles. The van der Waals surface area contributed by atoms with Gasteiger partial charge in [-0.25, -0.2) is 0 Å². The van der Waals surface area contributed by atoms with Gasteiger partial charge < -0.3 is 10.5 Å². The van der Waals surface area contributed by atoms with Crippen LogP contribution in [-0.2, 0) is 6.42 Å². The number of rotatable bonds is 4. The third-order valence-corrected chi connectivity index (χ3v) is 3.13. The van der Waals surface area contributed by atoms with E-state index in [4.69, 9.17) is 10.5 Å². The molecule has 0 spiro atoms. The van der Waals surface area contributed by atoms with Crippen LogP contribution < -0.4 is 10.5 Å². The number of ether oxygens (including phenoxy) is 1. The van der Waals surface area contributed by atoms with E-state index in [1.54, 1.807) is 25.7 Å². The van der Waals surface area contributed by atoms with Crippen molar-refractivity contribution in [2.75, 3.05) is 7.11 Å². The lowest BCUT2D eigenvalue weighted by Gasteiger charge is -2.15. The van der Waals surface area contributed by atoms with Gasteiger partial charge in [0.1, 0.15) is 5.75 Å². The predicted octanol–water partition coefficient (Wildman–Crippen LogP) is 1.74. The Morgan fingerprint density at radius 3 is 2.63 bits per heavy atom. The second-order valence-corrected chi connectivity index (χ2v) is 4.49. The molecule has 0 radical (unpaired) electrons. The lowest BCUT2D eigenvalue weighted by Crippen LogP contribution is -2.16. The van der Waals surface area contributed by atoms with Gasteiger partial charge in [-0.1, -0.05) is 0 Å². The second kappa shape index (κ2) is 5.75. The fourth-order valence-corrected chi connectivity index (χ4v) is 2.09. The van der Waals surface area contributed by atoms with Crippen molar-refractivity contribution in [2.45, 2.75) is 26.3 Å². The topological polar surface area (TPSA) is 73.9 Å². The highest BCUT2D eigenvalue weighted by atomic mass is 16.5. The Morgan fingerprint density at radius 2 is 2.00 bits per heavy atom. The molecule has 2 aromatic rings. The molecule has 0 saturated carbocycles. The van der Waals surface area contributed by atoms with Gasteiger partial charge in [0.05, 0.1) is 18.8 Å². The number of hydrogen-bond acceptors (Lipinski definition) is 5. The van der Waals surface area contributed by atoms with E-state index in [2.05, 4.69) is 15.0 Å². The van der Waals surface area contributed by atoms with Crippen molar-refractivity contribution < 1.29 is 4.74 Å². The van der Waals surface area contributed by atoms with Gasteiger partial charge >= 0.3 is 0 Å². The molecule has 2 rings (SSSR count). The van der Waals surface area contributed by atoms with Gasteiger partial charge in [0.2, 0.25) is 0 Å². The summed E-state index contributed by atoms with van der Waals surface area (Å²) in [7, 11) is 1.67. The van der Waals surface area contributed by atoms with Crippen LogP contribution in [0.15, 0.2) is 24.8 Å². The lowest BCUT2D eigenvalue weighted by molar-refractivity contribution is 0.406. The van der Waals surface area contributed by atoms with Crippen molar-refractivity contribution in [3.8, 4) is 5.75 Å². The molecule has 2 heterocycles. The molecule has 0 aromatic carbocycles. The second-order valence-electron chi connectivity index (χ2n) is 4.49. The average Bonchev–Trinajstić information content (AvgIpc) is 2.43. The molecular formula is C14H18N4O. The molecule has 1 atom stereocenters. The Morgan fingerprint density at radius 1 is 1.21 bits per heavy atom. The van der Waals surface area contributed by atoms with Crippen molar-refractivity contribution in [3.05, 3.63) is 47.3 Å². The van der Waals surface area contributed by atoms with Crippen LogP contribution in [0, 0.1) is 13.8 Å². The zero-order valence-corrected chi connectivity index (χ0v) is 11.4. The SMILES string of the molecule is COc1c(C)cnc(CC(N)c2cnccn2)c1C. The summed E-state index contributed by atoms with van der Waals surface area (Å²) in [6.07, 6.45) is 7.39. The van der Waals surface area contributed by atoms with Crippen LogP contribution in [0.5, 0.6) is 5.75 Å². The van der Waals surface area contributed by atoms with E-state index >= 15 is 0 Å². The van der Waals surface area contributed by atoms with E-state index in [1.165, 1.54) is 0 Å².